The van der Waals surface area contributed by atoms with Crippen LogP contribution in [0.25, 0.3) is 0 Å². The Hall–Kier alpha value is -1.04. The van der Waals surface area contributed by atoms with E-state index in [1.807, 2.05) is 0 Å². The van der Waals surface area contributed by atoms with Crippen molar-refractivity contribution in [3.8, 4) is 0 Å². The third-order valence-corrected chi connectivity index (χ3v) is 5.75. The Bertz CT molecular complexity index is 546. The van der Waals surface area contributed by atoms with Gasteiger partial charge in [-0.1, -0.05) is 0 Å². The number of nitrogens with two attached hydrogens (primary N) is 1. The van der Waals surface area contributed by atoms with E-state index in [1.54, 1.807) is 0 Å². The number of piperidine rings is 1. The summed E-state index contributed by atoms with van der Waals surface area (Å²) in [5.41, 5.74) is 6.68. The summed E-state index contributed by atoms with van der Waals surface area (Å²) in [4.78, 5) is 2.42. The van der Waals surface area contributed by atoms with Crippen molar-refractivity contribution in [3.05, 3.63) is 35.4 Å². The molecule has 3 rings (SSSR count). The first-order valence-corrected chi connectivity index (χ1v) is 9.14. The van der Waals surface area contributed by atoms with Crippen LogP contribution in [0.4, 0.5) is 8.78 Å². The maximum atomic E-state index is 13.8. The summed E-state index contributed by atoms with van der Waals surface area (Å²) in [5, 5.41) is 9.84. The molecule has 1 aliphatic heterocycles. The molecular weight excluding hydrogens is 310 g/mol. The SMILES string of the molecule is N[C@H](Cc1cc(F)ccc1F)C1CCC(N2CCC[C@@H](O)C2)CC1. The Morgan fingerprint density at radius 1 is 1.17 bits per heavy atom. The second kappa shape index (κ2) is 7.89. The van der Waals surface area contributed by atoms with Crippen molar-refractivity contribution in [1.82, 2.24) is 4.90 Å². The number of rotatable bonds is 4. The lowest BCUT2D eigenvalue weighted by Crippen LogP contribution is -2.47. The number of aliphatic hydroxyl groups excluding tert-OH is 1. The molecule has 1 saturated heterocycles. The first-order valence-electron chi connectivity index (χ1n) is 9.14. The molecule has 2 fully saturated rings. The van der Waals surface area contributed by atoms with Crippen LogP contribution in [0.3, 0.4) is 0 Å². The lowest BCUT2D eigenvalue weighted by atomic mass is 9.79. The molecule has 1 saturated carbocycles. The topological polar surface area (TPSA) is 49.5 Å². The van der Waals surface area contributed by atoms with Crippen LogP contribution in [0.1, 0.15) is 44.1 Å². The molecule has 1 aromatic carbocycles. The number of hydrogen-bond donors (Lipinski definition) is 2. The van der Waals surface area contributed by atoms with E-state index >= 15 is 0 Å². The Kier molecular flexibility index (Phi) is 5.85. The number of hydrogen-bond acceptors (Lipinski definition) is 3. The largest absolute Gasteiger partial charge is 0.392 e. The molecule has 5 heteroatoms. The summed E-state index contributed by atoms with van der Waals surface area (Å²) in [6, 6.07) is 3.98. The zero-order chi connectivity index (χ0) is 17.1. The number of likely N-dealkylation sites (tertiary alicyclic amines) is 1. The van der Waals surface area contributed by atoms with Gasteiger partial charge in [-0.3, -0.25) is 4.90 Å². The third kappa shape index (κ3) is 4.32. The van der Waals surface area contributed by atoms with Gasteiger partial charge in [-0.15, -0.1) is 0 Å². The molecular formula is C19H28F2N2O. The molecule has 1 aliphatic carbocycles. The number of halogens is 2. The van der Waals surface area contributed by atoms with Crippen molar-refractivity contribution in [2.24, 2.45) is 11.7 Å². The van der Waals surface area contributed by atoms with Crippen LogP contribution in [-0.4, -0.2) is 41.3 Å². The Labute approximate surface area is 142 Å². The Morgan fingerprint density at radius 2 is 1.92 bits per heavy atom. The van der Waals surface area contributed by atoms with E-state index in [0.29, 0.717) is 23.9 Å². The summed E-state index contributed by atoms with van der Waals surface area (Å²) in [6.07, 6.45) is 6.39. The minimum atomic E-state index is -0.411. The standard InChI is InChI=1S/C19H28F2N2O/c20-15-5-8-18(21)14(10-15)11-19(22)13-3-6-16(7-4-13)23-9-1-2-17(24)12-23/h5,8,10,13,16-17,19,24H,1-4,6-7,9,11-12,22H2/t13?,16?,17-,19-/m1/s1. The lowest BCUT2D eigenvalue weighted by Gasteiger charge is -2.41. The predicted octanol–water partition coefficient (Wildman–Crippen LogP) is 2.85. The first kappa shape index (κ1) is 17.8. The van der Waals surface area contributed by atoms with Gasteiger partial charge >= 0.3 is 0 Å². The van der Waals surface area contributed by atoms with Crippen LogP contribution in [0.2, 0.25) is 0 Å². The van der Waals surface area contributed by atoms with Crippen LogP contribution in [-0.2, 0) is 6.42 Å². The summed E-state index contributed by atoms with van der Waals surface area (Å²) >= 11 is 0. The van der Waals surface area contributed by atoms with Gasteiger partial charge in [-0.05, 0) is 81.2 Å². The summed E-state index contributed by atoms with van der Waals surface area (Å²) in [6.45, 7) is 1.86. The predicted molar refractivity (Wildman–Crippen MR) is 90.6 cm³/mol. The van der Waals surface area contributed by atoms with Crippen LogP contribution in [0.5, 0.6) is 0 Å². The summed E-state index contributed by atoms with van der Waals surface area (Å²) in [7, 11) is 0. The van der Waals surface area contributed by atoms with Crippen LogP contribution < -0.4 is 5.73 Å². The van der Waals surface area contributed by atoms with Gasteiger partial charge in [0.1, 0.15) is 11.6 Å². The van der Waals surface area contributed by atoms with Gasteiger partial charge in [-0.2, -0.15) is 0 Å². The average molecular weight is 338 g/mol. The van der Waals surface area contributed by atoms with Crippen LogP contribution in [0, 0.1) is 17.6 Å². The number of benzene rings is 1. The molecule has 1 heterocycles. The molecule has 1 aromatic rings. The zero-order valence-corrected chi connectivity index (χ0v) is 14.1. The maximum absolute atomic E-state index is 13.8. The molecule has 0 amide bonds. The van der Waals surface area contributed by atoms with E-state index in [0.717, 1.165) is 57.7 Å². The third-order valence-electron chi connectivity index (χ3n) is 5.75. The van der Waals surface area contributed by atoms with Gasteiger partial charge in [0, 0.05) is 18.6 Å². The van der Waals surface area contributed by atoms with Crippen LogP contribution >= 0.6 is 0 Å². The second-order valence-electron chi connectivity index (χ2n) is 7.46. The van der Waals surface area contributed by atoms with Crippen molar-refractivity contribution in [1.29, 1.82) is 0 Å². The zero-order valence-electron chi connectivity index (χ0n) is 14.1. The number of β-amino-alcohol motifs (C(OH)–C–C–N with tert-alkyl or cyclic N) is 1. The highest BCUT2D eigenvalue weighted by Gasteiger charge is 2.31. The van der Waals surface area contributed by atoms with Gasteiger partial charge in [0.15, 0.2) is 0 Å². The molecule has 0 spiro atoms. The number of aliphatic hydroxyl groups is 1. The fourth-order valence-electron chi connectivity index (χ4n) is 4.33. The molecule has 0 aromatic heterocycles. The van der Waals surface area contributed by atoms with E-state index < -0.39 is 5.82 Å². The highest BCUT2D eigenvalue weighted by molar-refractivity contribution is 5.20. The van der Waals surface area contributed by atoms with Crippen molar-refractivity contribution >= 4 is 0 Å². The molecule has 2 atom stereocenters. The van der Waals surface area contributed by atoms with Gasteiger partial charge in [0.25, 0.3) is 0 Å². The second-order valence-corrected chi connectivity index (χ2v) is 7.46. The Morgan fingerprint density at radius 3 is 2.62 bits per heavy atom. The van der Waals surface area contributed by atoms with E-state index in [-0.39, 0.29) is 18.0 Å². The van der Waals surface area contributed by atoms with Crippen molar-refractivity contribution in [2.75, 3.05) is 13.1 Å². The van der Waals surface area contributed by atoms with Crippen molar-refractivity contribution < 1.29 is 13.9 Å². The molecule has 0 bridgehead atoms. The molecule has 3 nitrogen and oxygen atoms in total. The molecule has 0 unspecified atom stereocenters. The molecule has 3 N–H and O–H groups in total. The maximum Gasteiger partial charge on any atom is 0.126 e. The smallest absolute Gasteiger partial charge is 0.126 e. The van der Waals surface area contributed by atoms with Crippen LogP contribution in [0.15, 0.2) is 18.2 Å². The fourth-order valence-corrected chi connectivity index (χ4v) is 4.33. The summed E-state index contributed by atoms with van der Waals surface area (Å²) in [5.74, 6) is -0.424. The van der Waals surface area contributed by atoms with E-state index in [1.165, 1.54) is 12.1 Å². The minimum Gasteiger partial charge on any atom is -0.392 e. The first-order chi connectivity index (χ1) is 11.5. The van der Waals surface area contributed by atoms with Gasteiger partial charge in [0.05, 0.1) is 6.10 Å². The molecule has 24 heavy (non-hydrogen) atoms. The van der Waals surface area contributed by atoms with Gasteiger partial charge < -0.3 is 10.8 Å². The summed E-state index contributed by atoms with van der Waals surface area (Å²) < 4.78 is 27.1. The molecule has 0 radical (unpaired) electrons. The normalized spacial score (nSPS) is 30.2. The van der Waals surface area contributed by atoms with Gasteiger partial charge in [-0.25, -0.2) is 8.78 Å². The average Bonchev–Trinajstić information content (AvgIpc) is 2.58. The highest BCUT2D eigenvalue weighted by atomic mass is 19.1. The minimum absolute atomic E-state index is 0.130. The van der Waals surface area contributed by atoms with Crippen molar-refractivity contribution in [3.63, 3.8) is 0 Å². The quantitative estimate of drug-likeness (QED) is 0.887. The van der Waals surface area contributed by atoms with Crippen molar-refractivity contribution in [2.45, 2.75) is 63.1 Å². The van der Waals surface area contributed by atoms with Gasteiger partial charge in [0.2, 0.25) is 0 Å². The Balaban J connectivity index is 1.51. The number of nitrogens with zero attached hydrogens (tertiary/aromatic N) is 1. The van der Waals surface area contributed by atoms with E-state index in [2.05, 4.69) is 4.90 Å². The van der Waals surface area contributed by atoms with E-state index in [9.17, 15) is 13.9 Å². The monoisotopic (exact) mass is 338 g/mol. The lowest BCUT2D eigenvalue weighted by molar-refractivity contribution is 0.0298. The highest BCUT2D eigenvalue weighted by Crippen LogP contribution is 2.31. The molecule has 2 aliphatic rings. The fraction of sp³-hybridized carbons (Fsp3) is 0.684. The molecule has 134 valence electrons. The van der Waals surface area contributed by atoms with E-state index in [4.69, 9.17) is 5.73 Å².